The highest BCUT2D eigenvalue weighted by molar-refractivity contribution is 5.70. The van der Waals surface area contributed by atoms with Crippen molar-refractivity contribution < 1.29 is 14.3 Å². The van der Waals surface area contributed by atoms with Gasteiger partial charge in [-0.15, -0.1) is 0 Å². The number of aliphatic carboxylic acids is 1. The summed E-state index contributed by atoms with van der Waals surface area (Å²) in [6.07, 6.45) is 3.59. The van der Waals surface area contributed by atoms with Gasteiger partial charge in [0.05, 0.1) is 5.92 Å². The lowest BCUT2D eigenvalue weighted by atomic mass is 9.85. The fraction of sp³-hybridized carbons (Fsp3) is 0.588. The van der Waals surface area contributed by atoms with Crippen LogP contribution in [0, 0.1) is 11.7 Å². The molecular formula is C17H23FN2O2. The fourth-order valence-electron chi connectivity index (χ4n) is 3.69. The Bertz CT molecular complexity index is 504. The monoisotopic (exact) mass is 306 g/mol. The van der Waals surface area contributed by atoms with Crippen molar-refractivity contribution in [3.05, 3.63) is 30.1 Å². The number of halogens is 1. The smallest absolute Gasteiger partial charge is 0.306 e. The van der Waals surface area contributed by atoms with Crippen molar-refractivity contribution in [2.75, 3.05) is 31.1 Å². The molecule has 0 amide bonds. The van der Waals surface area contributed by atoms with E-state index in [4.69, 9.17) is 5.11 Å². The number of benzene rings is 1. The van der Waals surface area contributed by atoms with Crippen LogP contribution in [-0.4, -0.2) is 48.2 Å². The summed E-state index contributed by atoms with van der Waals surface area (Å²) < 4.78 is 13.0. The van der Waals surface area contributed by atoms with Crippen LogP contribution in [0.15, 0.2) is 24.3 Å². The molecule has 2 aliphatic rings. The van der Waals surface area contributed by atoms with Crippen molar-refractivity contribution >= 4 is 11.7 Å². The molecule has 1 aromatic carbocycles. The van der Waals surface area contributed by atoms with Gasteiger partial charge in [0.15, 0.2) is 0 Å². The zero-order chi connectivity index (χ0) is 15.5. The second-order valence-electron chi connectivity index (χ2n) is 6.34. The number of anilines is 1. The number of piperazine rings is 1. The summed E-state index contributed by atoms with van der Waals surface area (Å²) in [5, 5.41) is 9.07. The number of hydrogen-bond acceptors (Lipinski definition) is 3. The molecule has 1 N–H and O–H groups in total. The minimum Gasteiger partial charge on any atom is -0.481 e. The van der Waals surface area contributed by atoms with Crippen LogP contribution in [0.25, 0.3) is 0 Å². The molecule has 120 valence electrons. The quantitative estimate of drug-likeness (QED) is 0.932. The third-order valence-electron chi connectivity index (χ3n) is 5.07. The molecule has 1 aromatic rings. The van der Waals surface area contributed by atoms with E-state index in [0.717, 1.165) is 57.5 Å². The highest BCUT2D eigenvalue weighted by Crippen LogP contribution is 2.29. The van der Waals surface area contributed by atoms with E-state index in [-0.39, 0.29) is 11.7 Å². The summed E-state index contributed by atoms with van der Waals surface area (Å²) in [6, 6.07) is 7.22. The van der Waals surface area contributed by atoms with Crippen LogP contribution in [0.4, 0.5) is 10.1 Å². The predicted octanol–water partition coefficient (Wildman–Crippen LogP) is 2.59. The van der Waals surface area contributed by atoms with E-state index in [2.05, 4.69) is 9.80 Å². The molecule has 1 aliphatic carbocycles. The molecule has 0 atom stereocenters. The van der Waals surface area contributed by atoms with Gasteiger partial charge in [-0.2, -0.15) is 0 Å². The van der Waals surface area contributed by atoms with Gasteiger partial charge in [-0.25, -0.2) is 4.39 Å². The third kappa shape index (κ3) is 3.40. The van der Waals surface area contributed by atoms with Gasteiger partial charge in [-0.3, -0.25) is 9.69 Å². The van der Waals surface area contributed by atoms with Crippen LogP contribution in [0.5, 0.6) is 0 Å². The minimum absolute atomic E-state index is 0.142. The van der Waals surface area contributed by atoms with Gasteiger partial charge in [-0.05, 0) is 49.9 Å². The van der Waals surface area contributed by atoms with Crippen molar-refractivity contribution in [1.29, 1.82) is 0 Å². The molecule has 0 unspecified atom stereocenters. The third-order valence-corrected chi connectivity index (χ3v) is 5.07. The van der Waals surface area contributed by atoms with Gasteiger partial charge in [-0.1, -0.05) is 0 Å². The first-order valence-electron chi connectivity index (χ1n) is 8.11. The summed E-state index contributed by atoms with van der Waals surface area (Å²) >= 11 is 0. The Hall–Kier alpha value is -1.62. The standard InChI is InChI=1S/C17H23FN2O2/c18-14-3-7-16(8-4-14)20-11-9-19(10-12-20)15-5-1-13(2-6-15)17(21)22/h3-4,7-8,13,15H,1-2,5-6,9-12H2,(H,21,22). The molecule has 22 heavy (non-hydrogen) atoms. The number of carboxylic acid groups (broad SMARTS) is 1. The number of nitrogens with zero attached hydrogens (tertiary/aromatic N) is 2. The van der Waals surface area contributed by atoms with Crippen LogP contribution in [0.3, 0.4) is 0 Å². The van der Waals surface area contributed by atoms with Gasteiger partial charge in [0.25, 0.3) is 0 Å². The van der Waals surface area contributed by atoms with E-state index in [1.54, 1.807) is 0 Å². The normalized spacial score (nSPS) is 26.9. The van der Waals surface area contributed by atoms with Crippen molar-refractivity contribution in [3.8, 4) is 0 Å². The first-order chi connectivity index (χ1) is 10.6. The number of rotatable bonds is 3. The largest absolute Gasteiger partial charge is 0.481 e. The first-order valence-corrected chi connectivity index (χ1v) is 8.11. The Morgan fingerprint density at radius 3 is 2.14 bits per heavy atom. The molecule has 1 saturated heterocycles. The van der Waals surface area contributed by atoms with Gasteiger partial charge in [0.2, 0.25) is 0 Å². The highest BCUT2D eigenvalue weighted by atomic mass is 19.1. The van der Waals surface area contributed by atoms with Crippen molar-refractivity contribution in [2.24, 2.45) is 5.92 Å². The first kappa shape index (κ1) is 15.3. The molecule has 5 heteroatoms. The minimum atomic E-state index is -0.639. The van der Waals surface area contributed by atoms with Crippen LogP contribution < -0.4 is 4.90 Å². The van der Waals surface area contributed by atoms with E-state index >= 15 is 0 Å². The summed E-state index contributed by atoms with van der Waals surface area (Å²) in [5.41, 5.74) is 1.08. The fourth-order valence-corrected chi connectivity index (χ4v) is 3.69. The lowest BCUT2D eigenvalue weighted by Gasteiger charge is -2.42. The second kappa shape index (κ2) is 6.65. The van der Waals surface area contributed by atoms with E-state index in [1.807, 2.05) is 12.1 Å². The number of carbonyl (C=O) groups is 1. The van der Waals surface area contributed by atoms with Gasteiger partial charge < -0.3 is 10.0 Å². The van der Waals surface area contributed by atoms with Crippen molar-refractivity contribution in [2.45, 2.75) is 31.7 Å². The van der Waals surface area contributed by atoms with Crippen LogP contribution in [0.2, 0.25) is 0 Å². The molecule has 1 aliphatic heterocycles. The molecule has 1 heterocycles. The Kier molecular flexibility index (Phi) is 4.62. The number of carboxylic acids is 1. The highest BCUT2D eigenvalue weighted by Gasteiger charge is 2.30. The average Bonchev–Trinajstić information content (AvgIpc) is 2.56. The molecule has 0 spiro atoms. The maximum absolute atomic E-state index is 13.0. The molecule has 3 rings (SSSR count). The second-order valence-corrected chi connectivity index (χ2v) is 6.34. The van der Waals surface area contributed by atoms with Crippen molar-refractivity contribution in [1.82, 2.24) is 4.90 Å². The Balaban J connectivity index is 1.50. The Morgan fingerprint density at radius 1 is 1.00 bits per heavy atom. The van der Waals surface area contributed by atoms with E-state index in [9.17, 15) is 9.18 Å². The molecule has 0 aromatic heterocycles. The summed E-state index contributed by atoms with van der Waals surface area (Å²) in [5.74, 6) is -0.978. The lowest BCUT2D eigenvalue weighted by molar-refractivity contribution is -0.143. The van der Waals surface area contributed by atoms with Gasteiger partial charge in [0, 0.05) is 37.9 Å². The summed E-state index contributed by atoms with van der Waals surface area (Å²) in [6.45, 7) is 3.90. The van der Waals surface area contributed by atoms with Crippen LogP contribution in [0.1, 0.15) is 25.7 Å². The zero-order valence-electron chi connectivity index (χ0n) is 12.7. The maximum Gasteiger partial charge on any atom is 0.306 e. The Morgan fingerprint density at radius 2 is 1.59 bits per heavy atom. The van der Waals surface area contributed by atoms with Gasteiger partial charge in [0.1, 0.15) is 5.82 Å². The predicted molar refractivity (Wildman–Crippen MR) is 83.6 cm³/mol. The molecular weight excluding hydrogens is 283 g/mol. The molecule has 0 bridgehead atoms. The van der Waals surface area contributed by atoms with Crippen molar-refractivity contribution in [3.63, 3.8) is 0 Å². The van der Waals surface area contributed by atoms with E-state index in [1.165, 1.54) is 12.1 Å². The number of hydrogen-bond donors (Lipinski definition) is 1. The molecule has 2 fully saturated rings. The van der Waals surface area contributed by atoms with E-state index < -0.39 is 5.97 Å². The lowest BCUT2D eigenvalue weighted by Crippen LogP contribution is -2.51. The molecule has 0 radical (unpaired) electrons. The maximum atomic E-state index is 13.0. The summed E-state index contributed by atoms with van der Waals surface area (Å²) in [4.78, 5) is 15.8. The van der Waals surface area contributed by atoms with Gasteiger partial charge >= 0.3 is 5.97 Å². The molecule has 4 nitrogen and oxygen atoms in total. The Labute approximate surface area is 130 Å². The zero-order valence-corrected chi connectivity index (χ0v) is 12.7. The van der Waals surface area contributed by atoms with Crippen LogP contribution in [-0.2, 0) is 4.79 Å². The topological polar surface area (TPSA) is 43.8 Å². The van der Waals surface area contributed by atoms with E-state index in [0.29, 0.717) is 6.04 Å². The summed E-state index contributed by atoms with van der Waals surface area (Å²) in [7, 11) is 0. The SMILES string of the molecule is O=C(O)C1CCC(N2CCN(c3ccc(F)cc3)CC2)CC1. The molecule has 1 saturated carbocycles. The average molecular weight is 306 g/mol. The van der Waals surface area contributed by atoms with Crippen LogP contribution >= 0.6 is 0 Å².